The van der Waals surface area contributed by atoms with Crippen molar-refractivity contribution in [3.05, 3.63) is 53.6 Å². The van der Waals surface area contributed by atoms with Gasteiger partial charge < -0.3 is 10.2 Å². The van der Waals surface area contributed by atoms with Crippen molar-refractivity contribution >= 4 is 27.3 Å². The van der Waals surface area contributed by atoms with Crippen LogP contribution in [0.1, 0.15) is 40.5 Å². The zero-order chi connectivity index (χ0) is 18.5. The van der Waals surface area contributed by atoms with Gasteiger partial charge in [0.25, 0.3) is 11.8 Å². The molecule has 0 bridgehead atoms. The third-order valence-electron chi connectivity index (χ3n) is 4.68. The van der Waals surface area contributed by atoms with Crippen LogP contribution in [0.3, 0.4) is 0 Å². The van der Waals surface area contributed by atoms with Crippen LogP contribution in [-0.2, 0) is 9.84 Å². The Hall–Kier alpha value is -2.67. The Balaban J connectivity index is 1.90. The topological polar surface area (TPSA) is 83.6 Å². The van der Waals surface area contributed by atoms with Gasteiger partial charge in [-0.05, 0) is 50.1 Å². The highest BCUT2D eigenvalue weighted by molar-refractivity contribution is 7.91. The van der Waals surface area contributed by atoms with Gasteiger partial charge >= 0.3 is 0 Å². The fraction of sp³-hybridized carbons (Fsp3) is 0.263. The molecule has 0 saturated heterocycles. The van der Waals surface area contributed by atoms with E-state index in [0.717, 1.165) is 12.8 Å². The van der Waals surface area contributed by atoms with Crippen molar-refractivity contribution in [1.82, 2.24) is 5.32 Å². The molecule has 2 aromatic carbocycles. The second-order valence-electron chi connectivity index (χ2n) is 6.48. The Morgan fingerprint density at radius 2 is 1.88 bits per heavy atom. The molecule has 26 heavy (non-hydrogen) atoms. The van der Waals surface area contributed by atoms with E-state index >= 15 is 0 Å². The lowest BCUT2D eigenvalue weighted by Gasteiger charge is -2.21. The predicted octanol–water partition coefficient (Wildman–Crippen LogP) is 2.39. The van der Waals surface area contributed by atoms with Crippen LogP contribution in [0, 0.1) is 0 Å². The Morgan fingerprint density at radius 1 is 1.15 bits per heavy atom. The molecule has 1 aliphatic carbocycles. The number of hydrogen-bond acceptors (Lipinski definition) is 4. The first-order valence-corrected chi connectivity index (χ1v) is 10.0. The van der Waals surface area contributed by atoms with Crippen molar-refractivity contribution in [2.45, 2.75) is 35.6 Å². The molecule has 2 amide bonds. The number of benzene rings is 2. The normalized spacial score (nSPS) is 17.9. The van der Waals surface area contributed by atoms with E-state index in [0.29, 0.717) is 12.1 Å². The number of nitrogens with one attached hydrogen (secondary N) is 1. The molecule has 0 aromatic heterocycles. The lowest BCUT2D eigenvalue weighted by molar-refractivity contribution is 0.0947. The van der Waals surface area contributed by atoms with E-state index in [1.165, 1.54) is 35.2 Å². The number of amides is 2. The molecule has 0 radical (unpaired) electrons. The summed E-state index contributed by atoms with van der Waals surface area (Å²) in [6, 6.07) is 10.8. The van der Waals surface area contributed by atoms with Gasteiger partial charge in [0.1, 0.15) is 0 Å². The summed E-state index contributed by atoms with van der Waals surface area (Å²) in [6.07, 6.45) is 1.92. The molecule has 1 N–H and O–H groups in total. The van der Waals surface area contributed by atoms with Crippen molar-refractivity contribution in [2.24, 2.45) is 0 Å². The maximum atomic E-state index is 13.1. The van der Waals surface area contributed by atoms with Crippen LogP contribution in [0.5, 0.6) is 0 Å². The molecule has 0 spiro atoms. The number of nitrogens with zero attached hydrogens (tertiary/aromatic N) is 1. The molecule has 1 saturated carbocycles. The number of carbonyl (C=O) groups is 2. The molecule has 134 valence electrons. The quantitative estimate of drug-likeness (QED) is 0.899. The predicted molar refractivity (Wildman–Crippen MR) is 96.2 cm³/mol. The van der Waals surface area contributed by atoms with E-state index in [-0.39, 0.29) is 38.9 Å². The molecule has 1 aliphatic heterocycles. The first kappa shape index (κ1) is 16.8. The Labute approximate surface area is 151 Å². The summed E-state index contributed by atoms with van der Waals surface area (Å²) >= 11 is 0. The van der Waals surface area contributed by atoms with Crippen LogP contribution in [0.2, 0.25) is 0 Å². The Morgan fingerprint density at radius 3 is 2.58 bits per heavy atom. The van der Waals surface area contributed by atoms with Gasteiger partial charge in [0, 0.05) is 18.2 Å². The number of sulfone groups is 1. The average Bonchev–Trinajstić information content (AvgIpc) is 3.46. The summed E-state index contributed by atoms with van der Waals surface area (Å²) in [7, 11) is -3.86. The number of hydrogen-bond donors (Lipinski definition) is 1. The van der Waals surface area contributed by atoms with Crippen LogP contribution >= 0.6 is 0 Å². The monoisotopic (exact) mass is 370 g/mol. The van der Waals surface area contributed by atoms with Gasteiger partial charge in [0.05, 0.1) is 21.0 Å². The van der Waals surface area contributed by atoms with Crippen molar-refractivity contribution < 1.29 is 18.0 Å². The zero-order valence-corrected chi connectivity index (χ0v) is 15.0. The molecule has 2 aromatic rings. The van der Waals surface area contributed by atoms with E-state index in [1.54, 1.807) is 19.1 Å². The zero-order valence-electron chi connectivity index (χ0n) is 14.2. The summed E-state index contributed by atoms with van der Waals surface area (Å²) in [4.78, 5) is 26.8. The van der Waals surface area contributed by atoms with Crippen molar-refractivity contribution in [3.63, 3.8) is 0 Å². The highest BCUT2D eigenvalue weighted by Crippen LogP contribution is 2.37. The van der Waals surface area contributed by atoms with Crippen LogP contribution in [0.4, 0.5) is 5.69 Å². The fourth-order valence-electron chi connectivity index (χ4n) is 3.16. The Kier molecular flexibility index (Phi) is 3.84. The van der Waals surface area contributed by atoms with E-state index in [1.807, 2.05) is 0 Å². The van der Waals surface area contributed by atoms with Gasteiger partial charge in [-0.2, -0.15) is 0 Å². The number of anilines is 1. The highest BCUT2D eigenvalue weighted by Gasteiger charge is 2.35. The Bertz CT molecular complexity index is 1030. The minimum absolute atomic E-state index is 0.00242. The summed E-state index contributed by atoms with van der Waals surface area (Å²) in [6.45, 7) is 2.07. The minimum atomic E-state index is -3.86. The van der Waals surface area contributed by atoms with Crippen LogP contribution < -0.4 is 10.2 Å². The second-order valence-corrected chi connectivity index (χ2v) is 8.37. The van der Waals surface area contributed by atoms with Gasteiger partial charge in [-0.3, -0.25) is 9.59 Å². The van der Waals surface area contributed by atoms with Gasteiger partial charge in [0.15, 0.2) is 0 Å². The van der Waals surface area contributed by atoms with Crippen molar-refractivity contribution in [2.75, 3.05) is 11.4 Å². The van der Waals surface area contributed by atoms with Gasteiger partial charge in [-0.15, -0.1) is 0 Å². The van der Waals surface area contributed by atoms with Crippen molar-refractivity contribution in [3.8, 4) is 0 Å². The van der Waals surface area contributed by atoms with Gasteiger partial charge in [-0.1, -0.05) is 12.1 Å². The first-order chi connectivity index (χ1) is 12.4. The van der Waals surface area contributed by atoms with E-state index in [4.69, 9.17) is 0 Å². The minimum Gasteiger partial charge on any atom is -0.349 e. The van der Waals surface area contributed by atoms with Crippen LogP contribution in [0.25, 0.3) is 0 Å². The maximum absolute atomic E-state index is 13.1. The molecular weight excluding hydrogens is 352 g/mol. The number of fused-ring (bicyclic) bond motifs is 2. The summed E-state index contributed by atoms with van der Waals surface area (Å²) < 4.78 is 26.2. The van der Waals surface area contributed by atoms with Crippen molar-refractivity contribution in [1.29, 1.82) is 0 Å². The van der Waals surface area contributed by atoms with E-state index in [9.17, 15) is 18.0 Å². The van der Waals surface area contributed by atoms with Gasteiger partial charge in [0.2, 0.25) is 9.84 Å². The van der Waals surface area contributed by atoms with Crippen LogP contribution in [-0.4, -0.2) is 32.8 Å². The largest absolute Gasteiger partial charge is 0.349 e. The average molecular weight is 370 g/mol. The van der Waals surface area contributed by atoms with Crippen LogP contribution in [0.15, 0.2) is 52.3 Å². The molecule has 0 atom stereocenters. The lowest BCUT2D eigenvalue weighted by Crippen LogP contribution is -2.31. The molecule has 7 heteroatoms. The lowest BCUT2D eigenvalue weighted by atomic mass is 10.1. The molecule has 1 fully saturated rings. The first-order valence-electron chi connectivity index (χ1n) is 8.54. The molecular formula is C19H18N2O4S. The smallest absolute Gasteiger partial charge is 0.259 e. The third-order valence-corrected chi connectivity index (χ3v) is 6.54. The third kappa shape index (κ3) is 2.59. The fourth-order valence-corrected chi connectivity index (χ4v) is 4.79. The molecule has 2 aliphatic rings. The molecule has 6 nitrogen and oxygen atoms in total. The SMILES string of the molecule is CCN1C(=O)c2ccccc2S(=O)(=O)c2ccc(C(=O)NC3CC3)cc21. The number of carbonyl (C=O) groups excluding carboxylic acids is 2. The van der Waals surface area contributed by atoms with E-state index in [2.05, 4.69) is 5.32 Å². The maximum Gasteiger partial charge on any atom is 0.259 e. The summed E-state index contributed by atoms with van der Waals surface area (Å²) in [5.41, 5.74) is 0.745. The molecule has 1 heterocycles. The molecule has 0 unspecified atom stereocenters. The molecule has 4 rings (SSSR count). The highest BCUT2D eigenvalue weighted by atomic mass is 32.2. The van der Waals surface area contributed by atoms with E-state index < -0.39 is 9.84 Å². The summed E-state index contributed by atoms with van der Waals surface area (Å²) in [5.74, 6) is -0.636. The number of rotatable bonds is 3. The standard InChI is InChI=1S/C19H18N2O4S/c1-2-21-15-11-12(18(22)20-13-8-9-13)7-10-17(15)26(24,25)16-6-4-3-5-14(16)19(21)23/h3-7,10-11,13H,2,8-9H2,1H3,(H,20,22). The second kappa shape index (κ2) is 5.95. The van der Waals surface area contributed by atoms with Gasteiger partial charge in [-0.25, -0.2) is 8.42 Å². The summed E-state index contributed by atoms with van der Waals surface area (Å²) in [5, 5.41) is 2.88.